The molecule has 3 saturated heterocycles. The van der Waals surface area contributed by atoms with Crippen LogP contribution in [0.4, 0.5) is 0 Å². The van der Waals surface area contributed by atoms with Crippen LogP contribution in [0.2, 0.25) is 0 Å². The number of aromatic nitrogens is 4. The zero-order chi connectivity index (χ0) is 97.6. The molecule has 17 amide bonds. The number of carbonyl (C=O) groups excluding carboxylic acids is 17. The number of phenols is 1. The van der Waals surface area contributed by atoms with Gasteiger partial charge in [0.2, 0.25) is 100 Å². The Balaban J connectivity index is 1.09. The molecule has 0 saturated carbocycles. The van der Waals surface area contributed by atoms with Gasteiger partial charge in [0.25, 0.3) is 0 Å². The van der Waals surface area contributed by atoms with E-state index in [9.17, 15) is 68.4 Å². The molecule has 134 heavy (non-hydrogen) atoms. The van der Waals surface area contributed by atoms with Gasteiger partial charge in [0, 0.05) is 118 Å². The van der Waals surface area contributed by atoms with E-state index in [1.807, 2.05) is 6.92 Å². The van der Waals surface area contributed by atoms with Crippen molar-refractivity contribution in [2.75, 3.05) is 58.4 Å². The summed E-state index contributed by atoms with van der Waals surface area (Å²) in [5, 5.41) is 72.5. The molecule has 44 nitrogen and oxygen atoms in total. The summed E-state index contributed by atoms with van der Waals surface area (Å²) in [6, 6.07) is -3.34. The van der Waals surface area contributed by atoms with Crippen LogP contribution in [0.15, 0.2) is 97.7 Å². The van der Waals surface area contributed by atoms with Gasteiger partial charge in [-0.25, -0.2) is 4.98 Å². The van der Waals surface area contributed by atoms with E-state index in [2.05, 4.69) is 78.4 Å². The minimum Gasteiger partial charge on any atom is -0.508 e. The summed E-state index contributed by atoms with van der Waals surface area (Å²) in [4.78, 5) is 278. The van der Waals surface area contributed by atoms with E-state index in [-0.39, 0.29) is 95.2 Å². The van der Waals surface area contributed by atoms with Crippen molar-refractivity contribution in [3.8, 4) is 5.75 Å². The van der Waals surface area contributed by atoms with E-state index in [0.29, 0.717) is 75.9 Å². The number of imidazole rings is 1. The summed E-state index contributed by atoms with van der Waals surface area (Å²) in [7, 11) is 2.62. The Morgan fingerprint density at radius 3 is 1.69 bits per heavy atom. The van der Waals surface area contributed by atoms with Crippen LogP contribution in [0, 0.1) is 0 Å². The van der Waals surface area contributed by atoms with Crippen molar-refractivity contribution in [1.29, 1.82) is 0 Å². The number of H-pyrrole nitrogens is 3. The maximum absolute atomic E-state index is 15.7. The highest BCUT2D eigenvalue weighted by atomic mass is 32.2. The lowest BCUT2D eigenvalue weighted by molar-refractivity contribution is -0.149. The van der Waals surface area contributed by atoms with E-state index >= 15 is 38.4 Å². The van der Waals surface area contributed by atoms with Gasteiger partial charge in [-0.2, -0.15) is 0 Å². The smallest absolute Gasteiger partial charge is 0.305 e. The number of benzene rings is 3. The Labute approximate surface area is 775 Å². The van der Waals surface area contributed by atoms with Gasteiger partial charge in [-0.3, -0.25) is 86.3 Å². The summed E-state index contributed by atoms with van der Waals surface area (Å²) in [5.74, 6) is -19.7. The number of aromatic hydroxyl groups is 1. The van der Waals surface area contributed by atoms with E-state index in [0.717, 1.165) is 19.6 Å². The summed E-state index contributed by atoms with van der Waals surface area (Å²) < 4.78 is 0. The molecule has 3 fully saturated rings. The van der Waals surface area contributed by atoms with Crippen molar-refractivity contribution >= 4 is 140 Å². The van der Waals surface area contributed by atoms with Crippen LogP contribution in [0.3, 0.4) is 0 Å². The zero-order valence-electron chi connectivity index (χ0n) is 75.3. The number of amides is 17. The van der Waals surface area contributed by atoms with Crippen LogP contribution in [0.5, 0.6) is 5.75 Å². The second-order valence-corrected chi connectivity index (χ2v) is 34.7. The number of nitrogens with two attached hydrogens (primary N) is 3. The van der Waals surface area contributed by atoms with Crippen LogP contribution in [0.25, 0.3) is 21.8 Å². The van der Waals surface area contributed by atoms with Crippen molar-refractivity contribution in [1.82, 2.24) is 98.0 Å². The molecular formula is C89H122N22O22S. The lowest BCUT2D eigenvalue weighted by Crippen LogP contribution is -2.61. The molecule has 3 aromatic carbocycles. The van der Waals surface area contributed by atoms with Crippen molar-refractivity contribution in [2.24, 2.45) is 17.2 Å². The zero-order valence-corrected chi connectivity index (χ0v) is 76.1. The number of carboxylic acid groups (broad SMARTS) is 1. The minimum atomic E-state index is -1.92. The quantitative estimate of drug-likeness (QED) is 0.0222. The molecule has 0 aliphatic carbocycles. The van der Waals surface area contributed by atoms with Crippen molar-refractivity contribution in [3.63, 3.8) is 0 Å². The van der Waals surface area contributed by atoms with Gasteiger partial charge in [0.15, 0.2) is 0 Å². The van der Waals surface area contributed by atoms with Crippen LogP contribution >= 0.6 is 11.8 Å². The number of nitrogens with zero attached hydrogens (tertiary/aromatic N) is 5. The lowest BCUT2D eigenvalue weighted by Gasteiger charge is -2.36. The number of hydrogen-bond acceptors (Lipinski definition) is 24. The number of rotatable bonds is 27. The molecule has 3 aliphatic heterocycles. The molecule has 45 heteroatoms. The Bertz CT molecular complexity index is 5170. The number of fused-ring (bicyclic) bond motifs is 4. The van der Waals surface area contributed by atoms with Crippen LogP contribution in [-0.2, 0) is 112 Å². The molecule has 3 aromatic heterocycles. The number of aliphatic hydroxyl groups is 2. The molecule has 0 spiro atoms. The van der Waals surface area contributed by atoms with Gasteiger partial charge >= 0.3 is 5.97 Å². The monoisotopic (exact) mass is 1880 g/mol. The van der Waals surface area contributed by atoms with Gasteiger partial charge in [-0.15, -0.1) is 11.8 Å². The highest BCUT2D eigenvalue weighted by Gasteiger charge is 2.47. The highest BCUT2D eigenvalue weighted by molar-refractivity contribution is 8.00. The molecule has 3 aliphatic rings. The highest BCUT2D eigenvalue weighted by Crippen LogP contribution is 2.28. The molecule has 9 rings (SSSR count). The molecular weight excluding hydrogens is 1760 g/mol. The molecule has 6 heterocycles. The van der Waals surface area contributed by atoms with E-state index < -0.39 is 254 Å². The third kappa shape index (κ3) is 29.2. The number of thioether (sulfide) groups is 1. The number of phenolic OH excluding ortho intramolecular Hbond substituents is 1. The molecule has 726 valence electrons. The number of hydrogen-bond donors (Lipinski definition) is 21. The molecule has 0 bridgehead atoms. The fourth-order valence-electron chi connectivity index (χ4n) is 16.4. The summed E-state index contributed by atoms with van der Waals surface area (Å²) >= 11 is 0.707. The molecule has 6 aromatic rings. The second-order valence-electron chi connectivity index (χ2n) is 33.7. The fraction of sp³-hybridized carbons (Fsp3) is 0.517. The predicted octanol–water partition coefficient (Wildman–Crippen LogP) is -3.59. The standard InChI is InChI=1S/C89H122N22O22S/c1-6-8-22-68-83(127)100-59(29-30-72(91)115)78(122)107-67(77(121)96-42-73(92)116)45-134-46-74(117)99-61(33-49-25-27-53(113)28-26-49)79(123)98-48(3)76(120)104-65(38-75(118)119)88(132)110-32-16-24-69(110)84(128)103-63(36-52-41-93-47-97-52)81(125)101-60(21-14-15-31-90)87(131)111-43-54(114)37-71(111)85(129)102-62(34-50-39-94-57-19-12-10-17-55(50)57)80(124)106-66(44-112)82(126)105-64(35-51-40-95-58-20-13-11-18-56(51)58)86(130)109(5)70(23-9-7-2)89(133)108(68)4/h10-13,17-20,25-28,39-41,47-48,54,59-71,94-95,112-114H,6-9,14-16,21-24,29-38,42-46,90H2,1-5H3,(H2,91,115)(H2,92,116)(H,93,97)(H,96,121)(H,98,123)(H,99,117)(H,100,127)(H,101,125)(H,102,129)(H,103,128)(H,104,120)(H,105,126)(H,106,124)(H,107,122)(H,118,119)/t48-,54-,59?,60+,61+,62+,63+,64+,65+,66+,67+,68+,69+,70+,71+/m1/s1. The van der Waals surface area contributed by atoms with Gasteiger partial charge in [0.1, 0.15) is 90.3 Å². The number of primary amides is 2. The van der Waals surface area contributed by atoms with Crippen molar-refractivity contribution in [2.45, 2.75) is 233 Å². The number of aliphatic carboxylic acids is 1. The first kappa shape index (κ1) is 104. The first-order valence-electron chi connectivity index (χ1n) is 44.7. The Kier molecular flexibility index (Phi) is 39.1. The Morgan fingerprint density at radius 2 is 1.08 bits per heavy atom. The van der Waals surface area contributed by atoms with Crippen LogP contribution in [-0.4, -0.2) is 315 Å². The molecule has 1 unspecified atom stereocenters. The summed E-state index contributed by atoms with van der Waals surface area (Å²) in [5.41, 5.74) is 19.8. The fourth-order valence-corrected chi connectivity index (χ4v) is 17.2. The van der Waals surface area contributed by atoms with Crippen LogP contribution < -0.4 is 75.7 Å². The van der Waals surface area contributed by atoms with Gasteiger partial charge < -0.3 is 131 Å². The molecule has 0 radical (unpaired) electrons. The summed E-state index contributed by atoms with van der Waals surface area (Å²) in [6.45, 7) is 2.38. The number of aliphatic hydroxyl groups excluding tert-OH is 2. The largest absolute Gasteiger partial charge is 0.508 e. The average Bonchev–Trinajstić information content (AvgIpc) is 1.71. The predicted molar refractivity (Wildman–Crippen MR) is 486 cm³/mol. The van der Waals surface area contributed by atoms with E-state index in [1.165, 1.54) is 57.8 Å². The maximum Gasteiger partial charge on any atom is 0.305 e. The van der Waals surface area contributed by atoms with Gasteiger partial charge in [-0.1, -0.05) is 88.1 Å². The molecule has 24 N–H and O–H groups in total. The third-order valence-electron chi connectivity index (χ3n) is 23.7. The number of likely N-dealkylation sites (N-methyl/N-ethyl adjacent to an activating group) is 2. The summed E-state index contributed by atoms with van der Waals surface area (Å²) in [6.07, 6.45) is 2.50. The van der Waals surface area contributed by atoms with Crippen molar-refractivity contribution < 1.29 is 107 Å². The number of nitrogens with one attached hydrogen (secondary N) is 14. The number of carboxylic acids is 1. The minimum absolute atomic E-state index is 0.0378. The van der Waals surface area contributed by atoms with Gasteiger partial charge in [-0.05, 0) is 106 Å². The first-order valence-corrected chi connectivity index (χ1v) is 45.8. The average molecular weight is 1880 g/mol. The maximum atomic E-state index is 15.7. The van der Waals surface area contributed by atoms with Crippen molar-refractivity contribution in [3.05, 3.63) is 120 Å². The first-order chi connectivity index (χ1) is 64.0. The SMILES string of the molecule is CCCC[C@H]1C(=O)N(C)[C@@H](CCCC)C(=O)NC(CCC(N)=O)C(=O)N[C@H](C(=O)NCC(N)=O)CSCC(=O)N[C@@H](Cc2ccc(O)cc2)C(=O)N[C@H](C)C(=O)N[C@@H](CC(=O)O)C(=O)N2CCC[C@H]2C(=O)N[C@@H](Cc2cnc[nH]2)C(=O)N[C@@H](CCCCN)C(=O)N2C[C@H](O)C[C@H]2C(=O)N[C@@H](Cc2c[nH]c3ccccc23)C(=O)N[C@@H](CO)C(=O)N[C@@H](Cc2c[nH]c3ccccc23)C(=O)N1C. The second kappa shape index (κ2) is 50.3. The number of unbranched alkanes of at least 4 members (excludes halogenated alkanes) is 3. The Hall–Kier alpha value is -13.6. The molecule has 15 atom stereocenters. The Morgan fingerprint density at radius 1 is 0.537 bits per heavy atom. The van der Waals surface area contributed by atoms with Crippen LogP contribution in [0.1, 0.15) is 139 Å². The number of para-hydroxylation sites is 2. The number of aromatic amines is 3. The normalized spacial score (nSPS) is 24.8. The van der Waals surface area contributed by atoms with E-state index in [4.69, 9.17) is 17.2 Å². The number of carbonyl (C=O) groups is 18. The topological polar surface area (TPSA) is 672 Å². The third-order valence-corrected chi connectivity index (χ3v) is 24.7. The van der Waals surface area contributed by atoms with E-state index in [1.54, 1.807) is 67.8 Å². The van der Waals surface area contributed by atoms with Gasteiger partial charge in [0.05, 0.1) is 37.8 Å². The lowest BCUT2D eigenvalue weighted by atomic mass is 10.00.